The van der Waals surface area contributed by atoms with E-state index in [1.807, 2.05) is 6.92 Å². The molecule has 1 atom stereocenters. The first-order chi connectivity index (χ1) is 10.8. The number of nitrogens with zero attached hydrogens (tertiary/aromatic N) is 3. The van der Waals surface area contributed by atoms with Gasteiger partial charge in [-0.25, -0.2) is 9.97 Å². The van der Waals surface area contributed by atoms with Crippen LogP contribution in [0.25, 0.3) is 0 Å². The summed E-state index contributed by atoms with van der Waals surface area (Å²) in [5.41, 5.74) is -0.925. The van der Waals surface area contributed by atoms with Gasteiger partial charge in [-0.05, 0) is 32.8 Å². The van der Waals surface area contributed by atoms with E-state index >= 15 is 0 Å². The highest BCUT2D eigenvalue weighted by Crippen LogP contribution is 2.30. The summed E-state index contributed by atoms with van der Waals surface area (Å²) < 4.78 is 43.4. The summed E-state index contributed by atoms with van der Waals surface area (Å²) in [6.45, 7) is 4.93. The molecule has 1 aliphatic heterocycles. The molecule has 1 aromatic rings. The number of piperidine rings is 1. The third-order valence-corrected chi connectivity index (χ3v) is 3.90. The lowest BCUT2D eigenvalue weighted by molar-refractivity contribution is -0.143. The molecule has 0 saturated carbocycles. The Morgan fingerprint density at radius 3 is 2.65 bits per heavy atom. The summed E-state index contributed by atoms with van der Waals surface area (Å²) in [4.78, 5) is 21.4. The highest BCUT2D eigenvalue weighted by Gasteiger charge is 2.34. The van der Waals surface area contributed by atoms with Crippen LogP contribution in [0.3, 0.4) is 0 Å². The second kappa shape index (κ2) is 7.25. The monoisotopic (exact) mass is 331 g/mol. The molecule has 1 aliphatic rings. The van der Waals surface area contributed by atoms with Crippen LogP contribution >= 0.6 is 0 Å². The Kier molecular flexibility index (Phi) is 5.56. The summed E-state index contributed by atoms with van der Waals surface area (Å²) in [5, 5.41) is 0. The summed E-state index contributed by atoms with van der Waals surface area (Å²) in [6, 6.07) is 0.867. The van der Waals surface area contributed by atoms with E-state index in [1.54, 1.807) is 11.8 Å². The van der Waals surface area contributed by atoms with Gasteiger partial charge in [-0.3, -0.25) is 4.79 Å². The second-order valence-electron chi connectivity index (χ2n) is 5.49. The average molecular weight is 331 g/mol. The SMILES string of the molecule is CCO[C@@H](C)C(=O)N1CCC(c2nccc(C(F)(F)F)n2)CC1. The minimum Gasteiger partial charge on any atom is -0.369 e. The standard InChI is InChI=1S/C15H20F3N3O2/c1-3-23-10(2)14(22)21-8-5-11(6-9-21)13-19-7-4-12(20-13)15(16,17)18/h4,7,10-11H,3,5-6,8-9H2,1-2H3/t10-/m0/s1. The van der Waals surface area contributed by atoms with Crippen LogP contribution in [0.5, 0.6) is 0 Å². The van der Waals surface area contributed by atoms with E-state index in [1.165, 1.54) is 0 Å². The van der Waals surface area contributed by atoms with Crippen LogP contribution < -0.4 is 0 Å². The van der Waals surface area contributed by atoms with Crippen LogP contribution in [-0.4, -0.2) is 46.6 Å². The van der Waals surface area contributed by atoms with Crippen molar-refractivity contribution in [2.75, 3.05) is 19.7 Å². The predicted octanol–water partition coefficient (Wildman–Crippen LogP) is 2.63. The van der Waals surface area contributed by atoms with Gasteiger partial charge in [0.1, 0.15) is 17.6 Å². The predicted molar refractivity (Wildman–Crippen MR) is 76.7 cm³/mol. The molecule has 128 valence electrons. The quantitative estimate of drug-likeness (QED) is 0.851. The van der Waals surface area contributed by atoms with E-state index < -0.39 is 18.0 Å². The van der Waals surface area contributed by atoms with Crippen LogP contribution in [0, 0.1) is 0 Å². The summed E-state index contributed by atoms with van der Waals surface area (Å²) in [7, 11) is 0. The number of halogens is 3. The Bertz CT molecular complexity index is 543. The van der Waals surface area contributed by atoms with Gasteiger partial charge in [-0.2, -0.15) is 13.2 Å². The fraction of sp³-hybridized carbons (Fsp3) is 0.667. The molecule has 2 rings (SSSR count). The molecular formula is C15H20F3N3O2. The highest BCUT2D eigenvalue weighted by molar-refractivity contribution is 5.80. The number of carbonyl (C=O) groups excluding carboxylic acids is 1. The summed E-state index contributed by atoms with van der Waals surface area (Å²) in [6.07, 6.45) is -2.74. The van der Waals surface area contributed by atoms with Gasteiger partial charge < -0.3 is 9.64 Å². The zero-order valence-electron chi connectivity index (χ0n) is 13.1. The molecule has 2 heterocycles. The van der Waals surface area contributed by atoms with Crippen molar-refractivity contribution in [3.8, 4) is 0 Å². The van der Waals surface area contributed by atoms with Gasteiger partial charge in [0.25, 0.3) is 5.91 Å². The van der Waals surface area contributed by atoms with Crippen LogP contribution in [0.4, 0.5) is 13.2 Å². The van der Waals surface area contributed by atoms with Gasteiger partial charge in [0.05, 0.1) is 0 Å². The first-order valence-electron chi connectivity index (χ1n) is 7.63. The van der Waals surface area contributed by atoms with Crippen molar-refractivity contribution in [2.45, 2.75) is 44.9 Å². The number of rotatable bonds is 4. The Hall–Kier alpha value is -1.70. The minimum atomic E-state index is -4.47. The van der Waals surface area contributed by atoms with Crippen LogP contribution in [0.2, 0.25) is 0 Å². The van der Waals surface area contributed by atoms with E-state index in [0.717, 1.165) is 12.3 Å². The molecule has 8 heteroatoms. The molecule has 0 unspecified atom stereocenters. The lowest BCUT2D eigenvalue weighted by Crippen LogP contribution is -2.43. The molecule has 0 aromatic carbocycles. The van der Waals surface area contributed by atoms with Gasteiger partial charge in [0.2, 0.25) is 0 Å². The molecule has 0 radical (unpaired) electrons. The average Bonchev–Trinajstić information content (AvgIpc) is 2.54. The maximum Gasteiger partial charge on any atom is 0.433 e. The Balaban J connectivity index is 1.98. The van der Waals surface area contributed by atoms with Crippen LogP contribution in [-0.2, 0) is 15.7 Å². The molecule has 0 aliphatic carbocycles. The number of ether oxygens (including phenoxy) is 1. The lowest BCUT2D eigenvalue weighted by atomic mass is 9.95. The number of alkyl halides is 3. The molecule has 0 N–H and O–H groups in total. The highest BCUT2D eigenvalue weighted by atomic mass is 19.4. The number of hydrogen-bond acceptors (Lipinski definition) is 4. The van der Waals surface area contributed by atoms with E-state index in [2.05, 4.69) is 9.97 Å². The third-order valence-electron chi connectivity index (χ3n) is 3.90. The number of aromatic nitrogens is 2. The van der Waals surface area contributed by atoms with Gasteiger partial charge in [-0.15, -0.1) is 0 Å². The topological polar surface area (TPSA) is 55.3 Å². The third kappa shape index (κ3) is 4.40. The Labute approximate surface area is 132 Å². The molecule has 1 amide bonds. The second-order valence-corrected chi connectivity index (χ2v) is 5.49. The van der Waals surface area contributed by atoms with Gasteiger partial charge >= 0.3 is 6.18 Å². The van der Waals surface area contributed by atoms with E-state index in [0.29, 0.717) is 32.5 Å². The lowest BCUT2D eigenvalue weighted by Gasteiger charge is -2.32. The van der Waals surface area contributed by atoms with Crippen molar-refractivity contribution >= 4 is 5.91 Å². The first-order valence-corrected chi connectivity index (χ1v) is 7.63. The largest absolute Gasteiger partial charge is 0.433 e. The number of amides is 1. The smallest absolute Gasteiger partial charge is 0.369 e. The Morgan fingerprint density at radius 2 is 2.09 bits per heavy atom. The molecule has 23 heavy (non-hydrogen) atoms. The van der Waals surface area contributed by atoms with Gasteiger partial charge in [0, 0.05) is 31.8 Å². The fourth-order valence-electron chi connectivity index (χ4n) is 2.66. The van der Waals surface area contributed by atoms with Crippen molar-refractivity contribution < 1.29 is 22.7 Å². The van der Waals surface area contributed by atoms with Crippen molar-refractivity contribution in [3.05, 3.63) is 23.8 Å². The fourth-order valence-corrected chi connectivity index (χ4v) is 2.66. The molecule has 5 nitrogen and oxygen atoms in total. The van der Waals surface area contributed by atoms with E-state index in [9.17, 15) is 18.0 Å². The van der Waals surface area contributed by atoms with Gasteiger partial charge in [-0.1, -0.05) is 0 Å². The van der Waals surface area contributed by atoms with Crippen molar-refractivity contribution in [1.82, 2.24) is 14.9 Å². The normalized spacial score (nSPS) is 18.0. The first kappa shape index (κ1) is 17.7. The summed E-state index contributed by atoms with van der Waals surface area (Å²) >= 11 is 0. The molecule has 0 bridgehead atoms. The van der Waals surface area contributed by atoms with E-state index in [-0.39, 0.29) is 17.6 Å². The van der Waals surface area contributed by atoms with Crippen molar-refractivity contribution in [2.24, 2.45) is 0 Å². The van der Waals surface area contributed by atoms with Gasteiger partial charge in [0.15, 0.2) is 0 Å². The van der Waals surface area contributed by atoms with Crippen LogP contribution in [0.15, 0.2) is 12.3 Å². The zero-order valence-corrected chi connectivity index (χ0v) is 13.1. The number of likely N-dealkylation sites (tertiary alicyclic amines) is 1. The zero-order chi connectivity index (χ0) is 17.0. The summed E-state index contributed by atoms with van der Waals surface area (Å²) in [5.74, 6) is -0.0520. The molecule has 1 saturated heterocycles. The molecule has 1 fully saturated rings. The maximum absolute atomic E-state index is 12.7. The minimum absolute atomic E-state index is 0.0877. The Morgan fingerprint density at radius 1 is 1.43 bits per heavy atom. The number of carbonyl (C=O) groups is 1. The van der Waals surface area contributed by atoms with E-state index in [4.69, 9.17) is 4.74 Å². The molecule has 0 spiro atoms. The van der Waals surface area contributed by atoms with Crippen LogP contribution in [0.1, 0.15) is 44.1 Å². The molecular weight excluding hydrogens is 311 g/mol. The van der Waals surface area contributed by atoms with Crippen molar-refractivity contribution in [1.29, 1.82) is 0 Å². The molecule has 1 aromatic heterocycles. The maximum atomic E-state index is 12.7. The van der Waals surface area contributed by atoms with Crippen molar-refractivity contribution in [3.63, 3.8) is 0 Å². The number of hydrogen-bond donors (Lipinski definition) is 0.